The number of aliphatic carboxylic acids is 2. The molecule has 0 rings (SSSR count). The summed E-state index contributed by atoms with van der Waals surface area (Å²) in [5.74, 6) is -3.45. The van der Waals surface area contributed by atoms with E-state index >= 15 is 0 Å². The summed E-state index contributed by atoms with van der Waals surface area (Å²) in [5.41, 5.74) is 0. The minimum Gasteiger partial charge on any atom is -0.479 e. The molecular formula is C12H24O14Zn. The minimum atomic E-state index is -2.20. The summed E-state index contributed by atoms with van der Waals surface area (Å²) in [5, 5.41) is 104. The van der Waals surface area contributed by atoms with Gasteiger partial charge in [-0.25, -0.2) is 9.59 Å². The van der Waals surface area contributed by atoms with Gasteiger partial charge in [0.15, 0.2) is 12.2 Å². The van der Waals surface area contributed by atoms with Gasteiger partial charge in [0.1, 0.15) is 36.6 Å². The maximum Gasteiger partial charge on any atom is 0.335 e. The van der Waals surface area contributed by atoms with Gasteiger partial charge >= 0.3 is 11.9 Å². The summed E-state index contributed by atoms with van der Waals surface area (Å²) in [7, 11) is 0. The monoisotopic (exact) mass is 462 g/mol. The van der Waals surface area contributed by atoms with Crippen molar-refractivity contribution in [2.75, 3.05) is 13.2 Å². The Morgan fingerprint density at radius 3 is 0.926 bits per heavy atom. The average Bonchev–Trinajstić information content (AvgIpc) is 2.62. The van der Waals surface area contributed by atoms with Crippen LogP contribution in [0.3, 0.4) is 0 Å². The zero-order valence-corrected chi connectivity index (χ0v) is 16.9. The molecule has 0 unspecified atom stereocenters. The summed E-state index contributed by atoms with van der Waals surface area (Å²) in [4.78, 5) is 20.2. The van der Waals surface area contributed by atoms with E-state index in [0.717, 1.165) is 0 Å². The van der Waals surface area contributed by atoms with Crippen molar-refractivity contribution in [2.24, 2.45) is 0 Å². The zero-order chi connectivity index (χ0) is 21.2. The molecule has 0 amide bonds. The molecule has 0 heterocycles. The van der Waals surface area contributed by atoms with E-state index in [0.29, 0.717) is 0 Å². The molecule has 0 saturated heterocycles. The van der Waals surface area contributed by atoms with Crippen LogP contribution in [-0.2, 0) is 29.1 Å². The van der Waals surface area contributed by atoms with Crippen molar-refractivity contribution in [1.82, 2.24) is 0 Å². The van der Waals surface area contributed by atoms with E-state index in [1.807, 2.05) is 0 Å². The Labute approximate surface area is 164 Å². The largest absolute Gasteiger partial charge is 0.479 e. The van der Waals surface area contributed by atoms with Gasteiger partial charge in [-0.2, -0.15) is 0 Å². The van der Waals surface area contributed by atoms with Gasteiger partial charge < -0.3 is 61.3 Å². The standard InChI is InChI=1S/2C6H12O7.Zn/c2*7-1-2(8)3(9)4(10)5(11)6(12)13;/h2*2-5,7-11H,1H2,(H,12,13);/t2*2-,3-,4+,5-;/m11./s1/i;;1+5. The van der Waals surface area contributed by atoms with Crippen LogP contribution in [-0.4, -0.2) is 135 Å². The Kier molecular flexibility index (Phi) is 17.3. The third kappa shape index (κ3) is 10.9. The van der Waals surface area contributed by atoms with Crippen LogP contribution in [0.2, 0.25) is 0 Å². The van der Waals surface area contributed by atoms with Crippen LogP contribution < -0.4 is 0 Å². The van der Waals surface area contributed by atoms with Crippen molar-refractivity contribution in [3.05, 3.63) is 0 Å². The maximum absolute atomic E-state index is 10.1. The predicted molar refractivity (Wildman–Crippen MR) is 77.5 cm³/mol. The number of aliphatic hydroxyl groups is 10. The molecule has 0 aliphatic rings. The van der Waals surface area contributed by atoms with E-state index in [1.165, 1.54) is 0 Å². The molecule has 158 valence electrons. The fourth-order valence-corrected chi connectivity index (χ4v) is 1.34. The molecule has 12 N–H and O–H groups in total. The van der Waals surface area contributed by atoms with Crippen molar-refractivity contribution < 1.29 is 90.3 Å². The number of hydrogen-bond acceptors (Lipinski definition) is 12. The Morgan fingerprint density at radius 2 is 0.778 bits per heavy atom. The van der Waals surface area contributed by atoms with E-state index in [9.17, 15) is 9.59 Å². The van der Waals surface area contributed by atoms with E-state index in [-0.39, 0.29) is 19.5 Å². The molecule has 14 nitrogen and oxygen atoms in total. The van der Waals surface area contributed by atoms with E-state index in [1.54, 1.807) is 0 Å². The third-order valence-electron chi connectivity index (χ3n) is 3.02. The molecule has 0 aromatic rings. The van der Waals surface area contributed by atoms with Gasteiger partial charge in [-0.05, 0) is 0 Å². The van der Waals surface area contributed by atoms with Gasteiger partial charge in [0, 0.05) is 19.5 Å². The van der Waals surface area contributed by atoms with Crippen LogP contribution in [0, 0.1) is 0 Å². The number of carboxylic acid groups (broad SMARTS) is 2. The number of rotatable bonds is 10. The van der Waals surface area contributed by atoms with Gasteiger partial charge in [0.25, 0.3) is 0 Å². The zero-order valence-electron chi connectivity index (χ0n) is 13.9. The summed E-state index contributed by atoms with van der Waals surface area (Å²) >= 11 is 0. The van der Waals surface area contributed by atoms with Crippen LogP contribution in [0.5, 0.6) is 0 Å². The SMILES string of the molecule is O=C(O)[C@H](O)[C@@H](O)[C@H](O)[C@H](O)CO.O=C(O)[C@H](O)[C@@H](O)[C@H](O)[C@H](O)CO.[70Zn]. The molecule has 8 atom stereocenters. The van der Waals surface area contributed by atoms with E-state index in [4.69, 9.17) is 61.3 Å². The summed E-state index contributed by atoms with van der Waals surface area (Å²) in [6, 6.07) is 0. The maximum atomic E-state index is 10.1. The van der Waals surface area contributed by atoms with E-state index in [2.05, 4.69) is 0 Å². The first kappa shape index (κ1) is 30.9. The van der Waals surface area contributed by atoms with Crippen LogP contribution in [0.15, 0.2) is 0 Å². The topological polar surface area (TPSA) is 277 Å². The first-order chi connectivity index (χ1) is 11.8. The van der Waals surface area contributed by atoms with Crippen molar-refractivity contribution in [3.63, 3.8) is 0 Å². The van der Waals surface area contributed by atoms with Crippen LogP contribution in [0.4, 0.5) is 0 Å². The second kappa shape index (κ2) is 15.1. The van der Waals surface area contributed by atoms with Crippen molar-refractivity contribution in [1.29, 1.82) is 0 Å². The Balaban J connectivity index is -0.000000411. The van der Waals surface area contributed by atoms with Crippen LogP contribution in [0.25, 0.3) is 0 Å². The summed E-state index contributed by atoms with van der Waals surface area (Å²) in [6.07, 6.45) is -15.7. The molecule has 0 spiro atoms. The molecular weight excluding hydrogens is 438 g/mol. The minimum absolute atomic E-state index is 0. The second-order valence-corrected chi connectivity index (χ2v) is 5.03. The average molecular weight is 462 g/mol. The van der Waals surface area contributed by atoms with Crippen molar-refractivity contribution in [2.45, 2.75) is 48.8 Å². The third-order valence-corrected chi connectivity index (χ3v) is 3.02. The fourth-order valence-electron chi connectivity index (χ4n) is 1.34. The smallest absolute Gasteiger partial charge is 0.335 e. The molecule has 0 bridgehead atoms. The summed E-state index contributed by atoms with van der Waals surface area (Å²) in [6.45, 7) is -1.69. The predicted octanol–water partition coefficient (Wildman–Crippen LogP) is -6.99. The molecule has 15 heteroatoms. The molecule has 0 saturated carbocycles. The molecule has 27 heavy (non-hydrogen) atoms. The number of carboxylic acids is 2. The Hall–Kier alpha value is -0.837. The molecule has 0 aromatic heterocycles. The van der Waals surface area contributed by atoms with Gasteiger partial charge in [0.2, 0.25) is 0 Å². The van der Waals surface area contributed by atoms with Gasteiger partial charge in [-0.3, -0.25) is 0 Å². The van der Waals surface area contributed by atoms with Crippen molar-refractivity contribution in [3.8, 4) is 0 Å². The quantitative estimate of drug-likeness (QED) is 0.134. The number of hydrogen-bond donors (Lipinski definition) is 12. The van der Waals surface area contributed by atoms with Gasteiger partial charge in [-0.1, -0.05) is 0 Å². The molecule has 0 fully saturated rings. The number of carbonyl (C=O) groups is 2. The first-order valence-electron chi connectivity index (χ1n) is 6.95. The molecule has 0 aromatic carbocycles. The normalized spacial score (nSPS) is 19.6. The van der Waals surface area contributed by atoms with Gasteiger partial charge in [-0.15, -0.1) is 0 Å². The van der Waals surface area contributed by atoms with Crippen LogP contribution in [0.1, 0.15) is 0 Å². The Bertz CT molecular complexity index is 385. The Morgan fingerprint density at radius 1 is 0.556 bits per heavy atom. The second-order valence-electron chi connectivity index (χ2n) is 5.03. The first-order valence-corrected chi connectivity index (χ1v) is 6.95. The van der Waals surface area contributed by atoms with E-state index < -0.39 is 74.0 Å². The molecule has 0 aliphatic heterocycles. The summed E-state index contributed by atoms with van der Waals surface area (Å²) < 4.78 is 0. The fraction of sp³-hybridized carbons (Fsp3) is 0.833. The van der Waals surface area contributed by atoms with Gasteiger partial charge in [0.05, 0.1) is 13.2 Å². The molecule has 0 radical (unpaired) electrons. The van der Waals surface area contributed by atoms with Crippen LogP contribution >= 0.6 is 0 Å². The number of aliphatic hydroxyl groups excluding tert-OH is 10. The molecule has 0 aliphatic carbocycles. The van der Waals surface area contributed by atoms with Crippen molar-refractivity contribution >= 4 is 11.9 Å².